The van der Waals surface area contributed by atoms with E-state index in [0.717, 1.165) is 30.6 Å². The van der Waals surface area contributed by atoms with E-state index >= 15 is 0 Å². The monoisotopic (exact) mass is 477 g/mol. The van der Waals surface area contributed by atoms with Crippen molar-refractivity contribution < 1.29 is 0 Å². The fraction of sp³-hybridized carbons (Fsp3) is 0.778. The highest BCUT2D eigenvalue weighted by atomic mass is 127. The molecule has 7 heteroatoms. The van der Waals surface area contributed by atoms with Crippen molar-refractivity contribution >= 4 is 41.3 Å². The van der Waals surface area contributed by atoms with Crippen molar-refractivity contribution in [3.05, 3.63) is 16.1 Å². The van der Waals surface area contributed by atoms with Crippen LogP contribution in [0.5, 0.6) is 0 Å². The van der Waals surface area contributed by atoms with Crippen molar-refractivity contribution in [2.24, 2.45) is 4.99 Å². The molecule has 1 unspecified atom stereocenters. The van der Waals surface area contributed by atoms with Crippen LogP contribution in [0.3, 0.4) is 0 Å². The number of thiazole rings is 1. The number of halogens is 1. The zero-order valence-electron chi connectivity index (χ0n) is 15.9. The Labute approximate surface area is 173 Å². The third kappa shape index (κ3) is 5.29. The molecule has 2 fully saturated rings. The fourth-order valence-corrected chi connectivity index (χ4v) is 4.52. The van der Waals surface area contributed by atoms with Crippen molar-refractivity contribution in [1.29, 1.82) is 0 Å². The first-order valence-corrected chi connectivity index (χ1v) is 10.00. The van der Waals surface area contributed by atoms with Gasteiger partial charge in [0.25, 0.3) is 0 Å². The Morgan fingerprint density at radius 3 is 2.64 bits per heavy atom. The highest BCUT2D eigenvalue weighted by molar-refractivity contribution is 14.0. The van der Waals surface area contributed by atoms with Crippen LogP contribution >= 0.6 is 35.3 Å². The second kappa shape index (κ2) is 8.99. The summed E-state index contributed by atoms with van der Waals surface area (Å²) in [4.78, 5) is 14.3. The summed E-state index contributed by atoms with van der Waals surface area (Å²) in [5.41, 5.74) is 1.29. The lowest BCUT2D eigenvalue weighted by atomic mass is 9.93. The van der Waals surface area contributed by atoms with Crippen LogP contribution in [-0.4, -0.2) is 60.0 Å². The molecule has 142 valence electrons. The van der Waals surface area contributed by atoms with E-state index in [0.29, 0.717) is 6.04 Å². The molecule has 1 aromatic heterocycles. The Balaban J connectivity index is 0.00000225. The van der Waals surface area contributed by atoms with E-state index < -0.39 is 0 Å². The van der Waals surface area contributed by atoms with E-state index in [-0.39, 0.29) is 29.4 Å². The van der Waals surface area contributed by atoms with Gasteiger partial charge in [-0.3, -0.25) is 9.89 Å². The van der Waals surface area contributed by atoms with E-state index in [1.165, 1.54) is 38.0 Å². The van der Waals surface area contributed by atoms with Gasteiger partial charge in [0.15, 0.2) is 5.96 Å². The predicted octanol–water partition coefficient (Wildman–Crippen LogP) is 3.30. The highest BCUT2D eigenvalue weighted by Crippen LogP contribution is 2.24. The number of likely N-dealkylation sites (tertiary alicyclic amines) is 2. The van der Waals surface area contributed by atoms with Gasteiger partial charge in [0.2, 0.25) is 0 Å². The number of hydrogen-bond acceptors (Lipinski definition) is 4. The lowest BCUT2D eigenvalue weighted by Gasteiger charge is -2.25. The first-order chi connectivity index (χ1) is 11.5. The molecule has 0 spiro atoms. The summed E-state index contributed by atoms with van der Waals surface area (Å²) in [6.45, 7) is 12.1. The molecule has 0 aliphatic carbocycles. The molecule has 2 aliphatic heterocycles. The summed E-state index contributed by atoms with van der Waals surface area (Å²) in [6.07, 6.45) is 3.99. The standard InChI is InChI=1S/C18H31N5S.HI/c1-18(2,3)15-13-24-16(21-15)11-20-17(19-4)23-10-7-14(12-23)22-8-5-6-9-22;/h13-14H,5-12H2,1-4H3,(H,19,20);1H. The molecule has 0 saturated carbocycles. The molecule has 1 N–H and O–H groups in total. The Morgan fingerprint density at radius 2 is 2.04 bits per heavy atom. The average Bonchev–Trinajstić information content (AvgIpc) is 3.28. The smallest absolute Gasteiger partial charge is 0.194 e. The molecule has 0 amide bonds. The van der Waals surface area contributed by atoms with Crippen molar-refractivity contribution in [2.75, 3.05) is 33.2 Å². The van der Waals surface area contributed by atoms with Crippen molar-refractivity contribution in [3.8, 4) is 0 Å². The van der Waals surface area contributed by atoms with Crippen LogP contribution in [0.25, 0.3) is 0 Å². The molecule has 2 aliphatic rings. The molecule has 2 saturated heterocycles. The second-order valence-corrected chi connectivity index (χ2v) is 8.85. The fourth-order valence-electron chi connectivity index (χ4n) is 3.56. The molecule has 5 nitrogen and oxygen atoms in total. The van der Waals surface area contributed by atoms with Gasteiger partial charge in [-0.25, -0.2) is 4.98 Å². The normalized spacial score (nSPS) is 22.3. The minimum Gasteiger partial charge on any atom is -0.350 e. The van der Waals surface area contributed by atoms with Gasteiger partial charge >= 0.3 is 0 Å². The van der Waals surface area contributed by atoms with Crippen LogP contribution in [-0.2, 0) is 12.0 Å². The minimum atomic E-state index is 0. The van der Waals surface area contributed by atoms with E-state index in [9.17, 15) is 0 Å². The number of nitrogens with zero attached hydrogens (tertiary/aromatic N) is 4. The van der Waals surface area contributed by atoms with Gasteiger partial charge in [-0.15, -0.1) is 35.3 Å². The predicted molar refractivity (Wildman–Crippen MR) is 117 cm³/mol. The van der Waals surface area contributed by atoms with Crippen molar-refractivity contribution in [2.45, 2.75) is 58.0 Å². The zero-order chi connectivity index (χ0) is 17.2. The molecule has 0 radical (unpaired) electrons. The van der Waals surface area contributed by atoms with Gasteiger partial charge in [0, 0.05) is 37.0 Å². The second-order valence-electron chi connectivity index (χ2n) is 7.91. The lowest BCUT2D eigenvalue weighted by Crippen LogP contribution is -2.42. The summed E-state index contributed by atoms with van der Waals surface area (Å²) in [5, 5.41) is 6.82. The topological polar surface area (TPSA) is 43.8 Å². The van der Waals surface area contributed by atoms with Crippen molar-refractivity contribution in [1.82, 2.24) is 20.1 Å². The summed E-state index contributed by atoms with van der Waals surface area (Å²) in [6, 6.07) is 0.707. The summed E-state index contributed by atoms with van der Waals surface area (Å²) in [7, 11) is 1.88. The minimum absolute atomic E-state index is 0. The van der Waals surface area contributed by atoms with Gasteiger partial charge in [-0.05, 0) is 32.4 Å². The van der Waals surface area contributed by atoms with E-state index in [4.69, 9.17) is 4.98 Å². The number of aromatic nitrogens is 1. The van der Waals surface area contributed by atoms with Gasteiger partial charge in [0.1, 0.15) is 5.01 Å². The number of hydrogen-bond donors (Lipinski definition) is 1. The van der Waals surface area contributed by atoms with Crippen LogP contribution in [0.2, 0.25) is 0 Å². The third-order valence-electron chi connectivity index (χ3n) is 5.05. The van der Waals surface area contributed by atoms with E-state index in [1.54, 1.807) is 11.3 Å². The van der Waals surface area contributed by atoms with Gasteiger partial charge < -0.3 is 10.2 Å². The molecule has 0 aromatic carbocycles. The molecule has 1 aromatic rings. The summed E-state index contributed by atoms with van der Waals surface area (Å²) < 4.78 is 0. The van der Waals surface area contributed by atoms with Crippen LogP contribution in [0.4, 0.5) is 0 Å². The molecular formula is C18H32IN5S. The Morgan fingerprint density at radius 1 is 1.32 bits per heavy atom. The van der Waals surface area contributed by atoms with Gasteiger partial charge in [0.05, 0.1) is 12.2 Å². The van der Waals surface area contributed by atoms with Crippen molar-refractivity contribution in [3.63, 3.8) is 0 Å². The quantitative estimate of drug-likeness (QED) is 0.412. The molecule has 0 bridgehead atoms. The first kappa shape index (κ1) is 20.9. The van der Waals surface area contributed by atoms with Gasteiger partial charge in [-0.2, -0.15) is 0 Å². The number of aliphatic imine (C=N–C) groups is 1. The first-order valence-electron chi connectivity index (χ1n) is 9.12. The molecule has 1 atom stereocenters. The zero-order valence-corrected chi connectivity index (χ0v) is 19.1. The Hall–Kier alpha value is -0.410. The average molecular weight is 477 g/mol. The van der Waals surface area contributed by atoms with Crippen LogP contribution < -0.4 is 5.32 Å². The SMILES string of the molecule is CN=C(NCc1nc(C(C)(C)C)cs1)N1CCC(N2CCCC2)C1.I. The maximum atomic E-state index is 4.77. The molecule has 25 heavy (non-hydrogen) atoms. The van der Waals surface area contributed by atoms with E-state index in [1.807, 2.05) is 7.05 Å². The number of guanidine groups is 1. The van der Waals surface area contributed by atoms with Gasteiger partial charge in [-0.1, -0.05) is 20.8 Å². The summed E-state index contributed by atoms with van der Waals surface area (Å²) >= 11 is 1.74. The summed E-state index contributed by atoms with van der Waals surface area (Å²) in [5.74, 6) is 1.02. The molecule has 3 rings (SSSR count). The number of nitrogens with one attached hydrogen (secondary N) is 1. The van der Waals surface area contributed by atoms with E-state index in [2.05, 4.69) is 46.3 Å². The third-order valence-corrected chi connectivity index (χ3v) is 5.90. The largest absolute Gasteiger partial charge is 0.350 e. The Kier molecular flexibility index (Phi) is 7.52. The van der Waals surface area contributed by atoms with Crippen LogP contribution in [0.15, 0.2) is 10.4 Å². The lowest BCUT2D eigenvalue weighted by molar-refractivity contribution is 0.249. The number of rotatable bonds is 3. The highest BCUT2D eigenvalue weighted by Gasteiger charge is 2.30. The van der Waals surface area contributed by atoms with Crippen LogP contribution in [0.1, 0.15) is 50.7 Å². The maximum absolute atomic E-state index is 4.77. The van der Waals surface area contributed by atoms with Crippen LogP contribution in [0, 0.1) is 0 Å². The molecular weight excluding hydrogens is 445 g/mol. The molecule has 3 heterocycles. The maximum Gasteiger partial charge on any atom is 0.194 e. The Bertz CT molecular complexity index is 574.